The summed E-state index contributed by atoms with van der Waals surface area (Å²) in [7, 11) is 0. The summed E-state index contributed by atoms with van der Waals surface area (Å²) in [6, 6.07) is 19.3. The van der Waals surface area contributed by atoms with Crippen molar-refractivity contribution in [2.75, 3.05) is 23.3 Å². The van der Waals surface area contributed by atoms with Crippen LogP contribution in [-0.2, 0) is 6.18 Å². The first kappa shape index (κ1) is 25.3. The SMILES string of the molecule is Cc1ccccc1C(=O)N(CCCNC(=O)Nc1cccc(C#N)c1)c1cccc(C(F)(F)F)c1. The Labute approximate surface area is 201 Å². The number of nitrogens with zero attached hydrogens (tertiary/aromatic N) is 2. The Morgan fingerprint density at radius 1 is 1.00 bits per heavy atom. The molecule has 0 saturated carbocycles. The first-order valence-corrected chi connectivity index (χ1v) is 10.8. The molecule has 0 aliphatic heterocycles. The standard InChI is InChI=1S/C26H23F3N4O2/c1-18-7-2-3-12-23(18)24(34)33(22-11-5-9-20(16-22)26(27,28)29)14-6-13-31-25(35)32-21-10-4-8-19(15-21)17-30/h2-5,7-12,15-16H,6,13-14H2,1H3,(H2,31,32,35). The molecule has 0 unspecified atom stereocenters. The van der Waals surface area contributed by atoms with Gasteiger partial charge in [-0.3, -0.25) is 4.79 Å². The van der Waals surface area contributed by atoms with Crippen molar-refractivity contribution < 1.29 is 22.8 Å². The normalized spacial score (nSPS) is 10.8. The van der Waals surface area contributed by atoms with Crippen molar-refractivity contribution in [1.29, 1.82) is 5.26 Å². The second kappa shape index (κ2) is 11.2. The van der Waals surface area contributed by atoms with Gasteiger partial charge in [-0.15, -0.1) is 0 Å². The zero-order chi connectivity index (χ0) is 25.4. The third-order valence-electron chi connectivity index (χ3n) is 5.20. The molecule has 0 aliphatic carbocycles. The van der Waals surface area contributed by atoms with Crippen molar-refractivity contribution >= 4 is 23.3 Å². The Bertz CT molecular complexity index is 1250. The first-order chi connectivity index (χ1) is 16.7. The molecule has 9 heteroatoms. The fourth-order valence-electron chi connectivity index (χ4n) is 3.44. The number of urea groups is 1. The Morgan fingerprint density at radius 3 is 2.46 bits per heavy atom. The molecule has 2 N–H and O–H groups in total. The number of benzene rings is 3. The Hall–Kier alpha value is -4.32. The Balaban J connectivity index is 1.70. The van der Waals surface area contributed by atoms with E-state index in [4.69, 9.17) is 5.26 Å². The number of anilines is 2. The van der Waals surface area contributed by atoms with Crippen molar-refractivity contribution in [2.45, 2.75) is 19.5 Å². The summed E-state index contributed by atoms with van der Waals surface area (Å²) in [5, 5.41) is 14.2. The molecule has 0 bridgehead atoms. The molecule has 3 rings (SSSR count). The molecular weight excluding hydrogens is 457 g/mol. The zero-order valence-electron chi connectivity index (χ0n) is 18.9. The van der Waals surface area contributed by atoms with Gasteiger partial charge in [0.15, 0.2) is 0 Å². The predicted octanol–water partition coefficient (Wildman–Crippen LogP) is 5.74. The van der Waals surface area contributed by atoms with Crippen LogP contribution < -0.4 is 15.5 Å². The van der Waals surface area contributed by atoms with Crippen molar-refractivity contribution in [3.8, 4) is 6.07 Å². The monoisotopic (exact) mass is 480 g/mol. The average Bonchev–Trinajstić information content (AvgIpc) is 2.83. The molecular formula is C26H23F3N4O2. The van der Waals surface area contributed by atoms with Gasteiger partial charge in [-0.1, -0.05) is 30.3 Å². The van der Waals surface area contributed by atoms with Gasteiger partial charge in [0.05, 0.1) is 17.2 Å². The number of carbonyl (C=O) groups excluding carboxylic acids is 2. The summed E-state index contributed by atoms with van der Waals surface area (Å²) >= 11 is 0. The van der Waals surface area contributed by atoms with Crippen LogP contribution in [0.25, 0.3) is 0 Å². The number of nitrogens with one attached hydrogen (secondary N) is 2. The molecule has 0 spiro atoms. The summed E-state index contributed by atoms with van der Waals surface area (Å²) < 4.78 is 39.8. The van der Waals surface area contributed by atoms with Crippen LogP contribution in [0.2, 0.25) is 0 Å². The van der Waals surface area contributed by atoms with E-state index in [2.05, 4.69) is 10.6 Å². The van der Waals surface area contributed by atoms with Crippen molar-refractivity contribution in [1.82, 2.24) is 5.32 Å². The summed E-state index contributed by atoms with van der Waals surface area (Å²) in [6.45, 7) is 2.00. The summed E-state index contributed by atoms with van der Waals surface area (Å²) in [5.74, 6) is -0.430. The van der Waals surface area contributed by atoms with E-state index in [9.17, 15) is 22.8 Å². The van der Waals surface area contributed by atoms with E-state index in [0.717, 1.165) is 12.1 Å². The molecule has 6 nitrogen and oxygen atoms in total. The Morgan fingerprint density at radius 2 is 1.74 bits per heavy atom. The largest absolute Gasteiger partial charge is 0.416 e. The number of carbonyl (C=O) groups is 2. The van der Waals surface area contributed by atoms with Crippen molar-refractivity contribution in [2.24, 2.45) is 0 Å². The van der Waals surface area contributed by atoms with Gasteiger partial charge < -0.3 is 15.5 Å². The number of rotatable bonds is 7. The van der Waals surface area contributed by atoms with E-state index < -0.39 is 23.7 Å². The lowest BCUT2D eigenvalue weighted by Gasteiger charge is -2.25. The van der Waals surface area contributed by atoms with E-state index in [-0.39, 0.29) is 18.8 Å². The number of halogens is 3. The lowest BCUT2D eigenvalue weighted by atomic mass is 10.1. The maximum atomic E-state index is 13.3. The first-order valence-electron chi connectivity index (χ1n) is 10.8. The van der Waals surface area contributed by atoms with E-state index in [0.29, 0.717) is 28.8 Å². The molecule has 0 heterocycles. The van der Waals surface area contributed by atoms with E-state index in [1.54, 1.807) is 49.4 Å². The van der Waals surface area contributed by atoms with E-state index in [1.807, 2.05) is 6.07 Å². The third-order valence-corrected chi connectivity index (χ3v) is 5.20. The summed E-state index contributed by atoms with van der Waals surface area (Å²) in [4.78, 5) is 26.7. The van der Waals surface area contributed by atoms with Crippen LogP contribution >= 0.6 is 0 Å². The molecule has 0 aliphatic rings. The van der Waals surface area contributed by atoms with Gasteiger partial charge in [0.1, 0.15) is 0 Å². The molecule has 180 valence electrons. The second-order valence-corrected chi connectivity index (χ2v) is 7.75. The number of amides is 3. The molecule has 0 fully saturated rings. The van der Waals surface area contributed by atoms with Gasteiger partial charge >= 0.3 is 12.2 Å². The lowest BCUT2D eigenvalue weighted by Crippen LogP contribution is -2.36. The number of hydrogen-bond donors (Lipinski definition) is 2. The van der Waals surface area contributed by atoms with Crippen LogP contribution in [0.1, 0.15) is 33.5 Å². The molecule has 3 aromatic rings. The third kappa shape index (κ3) is 6.84. The number of aryl methyl sites for hydroxylation is 1. The quantitative estimate of drug-likeness (QED) is 0.423. The van der Waals surface area contributed by atoms with Crippen molar-refractivity contribution in [3.63, 3.8) is 0 Å². The van der Waals surface area contributed by atoms with Crippen LogP contribution in [-0.4, -0.2) is 25.0 Å². The molecule has 3 aromatic carbocycles. The number of alkyl halides is 3. The second-order valence-electron chi connectivity index (χ2n) is 7.75. The van der Waals surface area contributed by atoms with Gasteiger partial charge in [-0.25, -0.2) is 4.79 Å². The molecule has 0 atom stereocenters. The highest BCUT2D eigenvalue weighted by Gasteiger charge is 2.31. The minimum atomic E-state index is -4.55. The minimum absolute atomic E-state index is 0.0820. The highest BCUT2D eigenvalue weighted by atomic mass is 19.4. The van der Waals surface area contributed by atoms with Crippen LogP contribution in [0.3, 0.4) is 0 Å². The topological polar surface area (TPSA) is 85.2 Å². The molecule has 0 aromatic heterocycles. The van der Waals surface area contributed by atoms with E-state index in [1.165, 1.54) is 23.1 Å². The molecule has 35 heavy (non-hydrogen) atoms. The molecule has 0 saturated heterocycles. The number of hydrogen-bond acceptors (Lipinski definition) is 3. The maximum Gasteiger partial charge on any atom is 0.416 e. The van der Waals surface area contributed by atoms with Crippen molar-refractivity contribution in [3.05, 3.63) is 95.1 Å². The van der Waals surface area contributed by atoms with Gasteiger partial charge in [-0.05, 0) is 61.4 Å². The van der Waals surface area contributed by atoms with Gasteiger partial charge in [0.2, 0.25) is 0 Å². The smallest absolute Gasteiger partial charge is 0.338 e. The van der Waals surface area contributed by atoms with E-state index >= 15 is 0 Å². The Kier molecular flexibility index (Phi) is 8.10. The van der Waals surface area contributed by atoms with Crippen LogP contribution in [0.4, 0.5) is 29.3 Å². The highest BCUT2D eigenvalue weighted by Crippen LogP contribution is 2.32. The van der Waals surface area contributed by atoms with Gasteiger partial charge in [-0.2, -0.15) is 18.4 Å². The average molecular weight is 480 g/mol. The van der Waals surface area contributed by atoms with Crippen LogP contribution in [0, 0.1) is 18.3 Å². The number of nitriles is 1. The summed E-state index contributed by atoms with van der Waals surface area (Å²) in [6.07, 6.45) is -4.25. The molecule has 0 radical (unpaired) electrons. The fraction of sp³-hybridized carbons (Fsp3) is 0.192. The zero-order valence-corrected chi connectivity index (χ0v) is 18.9. The van der Waals surface area contributed by atoms with Gasteiger partial charge in [0.25, 0.3) is 5.91 Å². The van der Waals surface area contributed by atoms with Gasteiger partial charge in [0, 0.05) is 30.0 Å². The van der Waals surface area contributed by atoms with Crippen LogP contribution in [0.15, 0.2) is 72.8 Å². The summed E-state index contributed by atoms with van der Waals surface area (Å²) in [5.41, 5.74) is 1.19. The fourth-order valence-corrected chi connectivity index (χ4v) is 3.44. The highest BCUT2D eigenvalue weighted by molar-refractivity contribution is 6.07. The lowest BCUT2D eigenvalue weighted by molar-refractivity contribution is -0.137. The minimum Gasteiger partial charge on any atom is -0.338 e. The molecule has 3 amide bonds. The van der Waals surface area contributed by atoms with Crippen LogP contribution in [0.5, 0.6) is 0 Å². The maximum absolute atomic E-state index is 13.3. The predicted molar refractivity (Wildman–Crippen MR) is 127 cm³/mol.